The summed E-state index contributed by atoms with van der Waals surface area (Å²) in [4.78, 5) is 36.1. The van der Waals surface area contributed by atoms with Crippen LogP contribution in [0.5, 0.6) is 0 Å². The molecule has 10 nitrogen and oxygen atoms in total. The molecule has 0 bridgehead atoms. The van der Waals surface area contributed by atoms with Crippen LogP contribution in [-0.2, 0) is 20.9 Å². The van der Waals surface area contributed by atoms with Crippen molar-refractivity contribution in [1.82, 2.24) is 19.4 Å². The molecule has 2 fully saturated rings. The second-order valence-electron chi connectivity index (χ2n) is 10.7. The first-order valence-corrected chi connectivity index (χ1v) is 13.8. The molecule has 1 atom stereocenters. The van der Waals surface area contributed by atoms with Crippen molar-refractivity contribution in [2.24, 2.45) is 11.1 Å². The predicted molar refractivity (Wildman–Crippen MR) is 149 cm³/mol. The summed E-state index contributed by atoms with van der Waals surface area (Å²) in [6.07, 6.45) is 2.03. The Kier molecular flexibility index (Phi) is 7.80. The van der Waals surface area contributed by atoms with Gasteiger partial charge in [0, 0.05) is 24.8 Å². The number of carboxylic acid groups (broad SMARTS) is 1. The van der Waals surface area contributed by atoms with Crippen LogP contribution in [0, 0.1) is 19.3 Å². The third-order valence-electron chi connectivity index (χ3n) is 8.23. The SMILES string of the molecule is Cc1cc(Cl)nc2c1nc(C)n2Cc1ccc(NC2CCC(C(=O)O)(C(C(N)=O)N3CCOCC3)CC2)cc1. The van der Waals surface area contributed by atoms with Crippen molar-refractivity contribution in [2.75, 3.05) is 31.6 Å². The molecule has 1 saturated heterocycles. The number of aromatic nitrogens is 3. The van der Waals surface area contributed by atoms with Crippen LogP contribution in [0.1, 0.15) is 42.6 Å². The summed E-state index contributed by atoms with van der Waals surface area (Å²) < 4.78 is 7.46. The average molecular weight is 555 g/mol. The van der Waals surface area contributed by atoms with Crippen molar-refractivity contribution in [3.05, 3.63) is 52.4 Å². The Balaban J connectivity index is 1.25. The number of nitrogens with two attached hydrogens (primary N) is 1. The summed E-state index contributed by atoms with van der Waals surface area (Å²) in [6.45, 7) is 6.53. The molecule has 208 valence electrons. The quantitative estimate of drug-likeness (QED) is 0.361. The summed E-state index contributed by atoms with van der Waals surface area (Å²) in [5.74, 6) is -0.649. The van der Waals surface area contributed by atoms with Gasteiger partial charge in [-0.3, -0.25) is 14.5 Å². The lowest BCUT2D eigenvalue weighted by Crippen LogP contribution is -2.62. The molecular formula is C28H35ClN6O4. The highest BCUT2D eigenvalue weighted by Crippen LogP contribution is 2.43. The molecule has 11 heteroatoms. The first kappa shape index (κ1) is 27.4. The fraction of sp³-hybridized carbons (Fsp3) is 0.500. The molecule has 1 aliphatic carbocycles. The number of amides is 1. The van der Waals surface area contributed by atoms with Crippen LogP contribution in [0.2, 0.25) is 5.15 Å². The topological polar surface area (TPSA) is 136 Å². The van der Waals surface area contributed by atoms with Gasteiger partial charge in [0.1, 0.15) is 22.5 Å². The van der Waals surface area contributed by atoms with Crippen molar-refractivity contribution >= 4 is 40.3 Å². The number of fused-ring (bicyclic) bond motifs is 1. The summed E-state index contributed by atoms with van der Waals surface area (Å²) in [5, 5.41) is 14.3. The maximum Gasteiger partial charge on any atom is 0.311 e. The second-order valence-corrected chi connectivity index (χ2v) is 11.1. The summed E-state index contributed by atoms with van der Waals surface area (Å²) in [6, 6.07) is 9.30. The van der Waals surface area contributed by atoms with Gasteiger partial charge in [-0.15, -0.1) is 0 Å². The van der Waals surface area contributed by atoms with Crippen molar-refractivity contribution < 1.29 is 19.4 Å². The Bertz CT molecular complexity index is 1360. The highest BCUT2D eigenvalue weighted by Gasteiger charge is 2.53. The van der Waals surface area contributed by atoms with E-state index in [4.69, 9.17) is 22.1 Å². The fourth-order valence-corrected chi connectivity index (χ4v) is 6.39. The lowest BCUT2D eigenvalue weighted by atomic mass is 9.66. The summed E-state index contributed by atoms with van der Waals surface area (Å²) in [5.41, 5.74) is 9.29. The number of primary amides is 1. The number of pyridine rings is 1. The Hall–Kier alpha value is -3.21. The number of nitrogens with zero attached hydrogens (tertiary/aromatic N) is 4. The van der Waals surface area contributed by atoms with Crippen molar-refractivity contribution in [2.45, 2.75) is 58.2 Å². The van der Waals surface area contributed by atoms with Gasteiger partial charge in [0.15, 0.2) is 5.65 Å². The lowest BCUT2D eigenvalue weighted by molar-refractivity contribution is -0.163. The van der Waals surface area contributed by atoms with Crippen molar-refractivity contribution in [3.63, 3.8) is 0 Å². The van der Waals surface area contributed by atoms with Crippen molar-refractivity contribution in [3.8, 4) is 0 Å². The first-order chi connectivity index (χ1) is 18.7. The minimum absolute atomic E-state index is 0.107. The van der Waals surface area contributed by atoms with E-state index in [2.05, 4.69) is 32.0 Å². The molecule has 0 radical (unpaired) electrons. The highest BCUT2D eigenvalue weighted by atomic mass is 35.5. The molecule has 5 rings (SSSR count). The maximum absolute atomic E-state index is 12.5. The van der Waals surface area contributed by atoms with Gasteiger partial charge in [-0.25, -0.2) is 9.97 Å². The number of hydrogen-bond acceptors (Lipinski definition) is 7. The summed E-state index contributed by atoms with van der Waals surface area (Å²) >= 11 is 6.21. The largest absolute Gasteiger partial charge is 0.481 e. The number of ether oxygens (including phenoxy) is 1. The number of aryl methyl sites for hydroxylation is 2. The van der Waals surface area contributed by atoms with Gasteiger partial charge >= 0.3 is 5.97 Å². The highest BCUT2D eigenvalue weighted by molar-refractivity contribution is 6.29. The predicted octanol–water partition coefficient (Wildman–Crippen LogP) is 3.36. The molecule has 2 aliphatic rings. The van der Waals surface area contributed by atoms with Gasteiger partial charge in [-0.2, -0.15) is 0 Å². The zero-order chi connectivity index (χ0) is 27.7. The molecule has 3 aromatic rings. The van der Waals surface area contributed by atoms with Crippen LogP contribution >= 0.6 is 11.6 Å². The van der Waals surface area contributed by atoms with Gasteiger partial charge in [0.25, 0.3) is 0 Å². The van der Waals surface area contributed by atoms with E-state index in [1.54, 1.807) is 0 Å². The lowest BCUT2D eigenvalue weighted by Gasteiger charge is -2.46. The van der Waals surface area contributed by atoms with Crippen LogP contribution in [0.15, 0.2) is 30.3 Å². The van der Waals surface area contributed by atoms with E-state index in [9.17, 15) is 14.7 Å². The third kappa shape index (κ3) is 5.46. The molecule has 39 heavy (non-hydrogen) atoms. The van der Waals surface area contributed by atoms with Crippen LogP contribution in [0.3, 0.4) is 0 Å². The summed E-state index contributed by atoms with van der Waals surface area (Å²) in [7, 11) is 0. The molecule has 1 aliphatic heterocycles. The monoisotopic (exact) mass is 554 g/mol. The van der Waals surface area contributed by atoms with Crippen LogP contribution in [0.4, 0.5) is 5.69 Å². The van der Waals surface area contributed by atoms with Crippen LogP contribution in [-0.4, -0.2) is 74.8 Å². The molecule has 3 heterocycles. The Morgan fingerprint density at radius 2 is 1.85 bits per heavy atom. The zero-order valence-electron chi connectivity index (χ0n) is 22.3. The first-order valence-electron chi connectivity index (χ1n) is 13.4. The number of halogens is 1. The van der Waals surface area contributed by atoms with Gasteiger partial charge in [0.2, 0.25) is 5.91 Å². The van der Waals surface area contributed by atoms with E-state index < -0.39 is 23.3 Å². The molecule has 1 saturated carbocycles. The standard InChI is InChI=1S/C28H35ClN6O4/c1-17-15-22(29)33-26-23(17)31-18(2)35(26)16-19-3-5-20(6-4-19)32-21-7-9-28(10-8-21,27(37)38)24(25(30)36)34-11-13-39-14-12-34/h3-6,15,21,24,32H,7-14,16H2,1-2H3,(H2,30,36)(H,37,38). The van der Waals surface area contributed by atoms with E-state index in [-0.39, 0.29) is 6.04 Å². The number of hydrogen-bond donors (Lipinski definition) is 3. The number of imidazole rings is 1. The Morgan fingerprint density at radius 1 is 1.18 bits per heavy atom. The van der Waals surface area contributed by atoms with Gasteiger partial charge in [-0.05, 0) is 68.9 Å². The maximum atomic E-state index is 12.5. The number of aliphatic carboxylic acids is 1. The van der Waals surface area contributed by atoms with Crippen LogP contribution in [0.25, 0.3) is 11.2 Å². The van der Waals surface area contributed by atoms with Crippen molar-refractivity contribution in [1.29, 1.82) is 0 Å². The van der Waals surface area contributed by atoms with Gasteiger partial charge in [-0.1, -0.05) is 23.7 Å². The van der Waals surface area contributed by atoms with Gasteiger partial charge in [0.05, 0.1) is 25.2 Å². The molecule has 0 spiro atoms. The second kappa shape index (κ2) is 11.1. The van der Waals surface area contributed by atoms with Gasteiger partial charge < -0.3 is 25.5 Å². The number of rotatable bonds is 8. The number of carbonyl (C=O) groups is 2. The minimum Gasteiger partial charge on any atom is -0.481 e. The molecule has 4 N–H and O–H groups in total. The molecule has 1 aromatic carbocycles. The fourth-order valence-electron chi connectivity index (χ4n) is 6.14. The normalized spacial score (nSPS) is 23.0. The Morgan fingerprint density at radius 3 is 2.46 bits per heavy atom. The number of benzene rings is 1. The zero-order valence-corrected chi connectivity index (χ0v) is 23.1. The smallest absolute Gasteiger partial charge is 0.311 e. The van der Waals surface area contributed by atoms with E-state index in [0.29, 0.717) is 63.7 Å². The van der Waals surface area contributed by atoms with E-state index in [1.165, 1.54) is 0 Å². The minimum atomic E-state index is -1.19. The Labute approximate surface area is 232 Å². The number of anilines is 1. The van der Waals surface area contributed by atoms with E-state index in [1.807, 2.05) is 36.9 Å². The molecule has 1 amide bonds. The molecule has 1 unspecified atom stereocenters. The van der Waals surface area contributed by atoms with E-state index >= 15 is 0 Å². The number of nitrogens with one attached hydrogen (secondary N) is 1. The van der Waals surface area contributed by atoms with E-state index in [0.717, 1.165) is 33.8 Å². The number of carbonyl (C=O) groups excluding carboxylic acids is 1. The molecule has 2 aromatic heterocycles. The van der Waals surface area contributed by atoms with Crippen LogP contribution < -0.4 is 11.1 Å². The molecular weight excluding hydrogens is 520 g/mol. The third-order valence-corrected chi connectivity index (χ3v) is 8.42. The average Bonchev–Trinajstić information content (AvgIpc) is 3.22. The number of carboxylic acids is 1. The number of morpholine rings is 1.